The third-order valence-electron chi connectivity index (χ3n) is 1.89. The molecule has 0 atom stereocenters. The average molecular weight is 214 g/mol. The Morgan fingerprint density at radius 3 is 2.79 bits per heavy atom. The summed E-state index contributed by atoms with van der Waals surface area (Å²) in [6.07, 6.45) is 3.95. The predicted octanol–water partition coefficient (Wildman–Crippen LogP) is 3.73. The highest BCUT2D eigenvalue weighted by atomic mass is 32.2. The van der Waals surface area contributed by atoms with E-state index >= 15 is 0 Å². The van der Waals surface area contributed by atoms with Crippen LogP contribution < -0.4 is 4.74 Å². The molecule has 0 N–H and O–H groups in total. The van der Waals surface area contributed by atoms with Crippen LogP contribution in [0.25, 0.3) is 0 Å². The van der Waals surface area contributed by atoms with Crippen molar-refractivity contribution in [2.24, 2.45) is 0 Å². The summed E-state index contributed by atoms with van der Waals surface area (Å²) >= 11 is 1.40. The zero-order chi connectivity index (χ0) is 10.4. The van der Waals surface area contributed by atoms with Gasteiger partial charge in [0.25, 0.3) is 0 Å². The van der Waals surface area contributed by atoms with Crippen LogP contribution >= 0.6 is 11.8 Å². The summed E-state index contributed by atoms with van der Waals surface area (Å²) in [7, 11) is 0. The molecule has 0 saturated heterocycles. The quantitative estimate of drug-likeness (QED) is 0.545. The Morgan fingerprint density at radius 1 is 1.43 bits per heavy atom. The SMILES string of the molecule is CCCCOc1ccc(SC)c(F)c1. The van der Waals surface area contributed by atoms with Crippen LogP contribution in [0.4, 0.5) is 4.39 Å². The van der Waals surface area contributed by atoms with E-state index in [2.05, 4.69) is 6.92 Å². The lowest BCUT2D eigenvalue weighted by Gasteiger charge is -2.06. The van der Waals surface area contributed by atoms with Gasteiger partial charge in [0.05, 0.1) is 6.61 Å². The Morgan fingerprint density at radius 2 is 2.21 bits per heavy atom. The molecule has 78 valence electrons. The highest BCUT2D eigenvalue weighted by molar-refractivity contribution is 7.98. The third-order valence-corrected chi connectivity index (χ3v) is 2.66. The molecule has 0 unspecified atom stereocenters. The zero-order valence-electron chi connectivity index (χ0n) is 8.55. The van der Waals surface area contributed by atoms with Crippen molar-refractivity contribution in [1.82, 2.24) is 0 Å². The van der Waals surface area contributed by atoms with Gasteiger partial charge in [0, 0.05) is 11.0 Å². The first-order valence-electron chi connectivity index (χ1n) is 4.74. The van der Waals surface area contributed by atoms with Gasteiger partial charge in [0.15, 0.2) is 0 Å². The van der Waals surface area contributed by atoms with Crippen LogP contribution in [0, 0.1) is 5.82 Å². The molecule has 0 amide bonds. The van der Waals surface area contributed by atoms with E-state index in [0.29, 0.717) is 17.3 Å². The van der Waals surface area contributed by atoms with Crippen molar-refractivity contribution in [2.75, 3.05) is 12.9 Å². The molecule has 0 saturated carbocycles. The molecule has 0 spiro atoms. The molecule has 0 heterocycles. The third kappa shape index (κ3) is 3.22. The molecule has 0 fully saturated rings. The van der Waals surface area contributed by atoms with Gasteiger partial charge in [-0.05, 0) is 24.8 Å². The normalized spacial score (nSPS) is 10.2. The van der Waals surface area contributed by atoms with Crippen molar-refractivity contribution in [3.05, 3.63) is 24.0 Å². The molecule has 0 radical (unpaired) electrons. The number of ether oxygens (including phenoxy) is 1. The lowest BCUT2D eigenvalue weighted by atomic mass is 10.3. The summed E-state index contributed by atoms with van der Waals surface area (Å²) in [5.74, 6) is 0.417. The molecule has 1 aromatic carbocycles. The van der Waals surface area contributed by atoms with Crippen LogP contribution in [0.2, 0.25) is 0 Å². The molecule has 1 nitrogen and oxygen atoms in total. The van der Waals surface area contributed by atoms with Gasteiger partial charge in [0.1, 0.15) is 11.6 Å². The Kier molecular flexibility index (Phi) is 4.80. The number of rotatable bonds is 5. The van der Waals surface area contributed by atoms with Gasteiger partial charge in [-0.1, -0.05) is 13.3 Å². The maximum absolute atomic E-state index is 13.3. The van der Waals surface area contributed by atoms with Gasteiger partial charge in [-0.25, -0.2) is 4.39 Å². The summed E-state index contributed by atoms with van der Waals surface area (Å²) in [6.45, 7) is 2.76. The van der Waals surface area contributed by atoms with Gasteiger partial charge in [0.2, 0.25) is 0 Å². The van der Waals surface area contributed by atoms with Gasteiger partial charge in [-0.15, -0.1) is 11.8 Å². The minimum atomic E-state index is -0.202. The van der Waals surface area contributed by atoms with Crippen LogP contribution in [0.3, 0.4) is 0 Å². The molecule has 0 aliphatic heterocycles. The van der Waals surface area contributed by atoms with Gasteiger partial charge in [-0.3, -0.25) is 0 Å². The molecule has 14 heavy (non-hydrogen) atoms. The number of benzene rings is 1. The van der Waals surface area contributed by atoms with Crippen molar-refractivity contribution in [2.45, 2.75) is 24.7 Å². The van der Waals surface area contributed by atoms with E-state index in [1.165, 1.54) is 17.8 Å². The number of thioether (sulfide) groups is 1. The van der Waals surface area contributed by atoms with E-state index in [1.807, 2.05) is 12.3 Å². The van der Waals surface area contributed by atoms with Crippen molar-refractivity contribution >= 4 is 11.8 Å². The molecule has 0 aromatic heterocycles. The Bertz CT molecular complexity index is 289. The highest BCUT2D eigenvalue weighted by Gasteiger charge is 2.02. The van der Waals surface area contributed by atoms with Crippen molar-refractivity contribution in [1.29, 1.82) is 0 Å². The molecule has 1 rings (SSSR count). The summed E-state index contributed by atoms with van der Waals surface area (Å²) in [4.78, 5) is 0.660. The maximum Gasteiger partial charge on any atom is 0.140 e. The van der Waals surface area contributed by atoms with Gasteiger partial charge in [-0.2, -0.15) is 0 Å². The van der Waals surface area contributed by atoms with E-state index in [0.717, 1.165) is 12.8 Å². The lowest BCUT2D eigenvalue weighted by molar-refractivity contribution is 0.307. The Hall–Kier alpha value is -0.700. The van der Waals surface area contributed by atoms with Crippen LogP contribution in [0.15, 0.2) is 23.1 Å². The fourth-order valence-corrected chi connectivity index (χ4v) is 1.53. The molecule has 1 aromatic rings. The summed E-state index contributed by atoms with van der Waals surface area (Å²) in [6, 6.07) is 5.01. The number of halogens is 1. The molecular weight excluding hydrogens is 199 g/mol. The van der Waals surface area contributed by atoms with Crippen LogP contribution in [-0.4, -0.2) is 12.9 Å². The van der Waals surface area contributed by atoms with E-state index in [-0.39, 0.29) is 5.82 Å². The first kappa shape index (κ1) is 11.4. The predicted molar refractivity (Wildman–Crippen MR) is 58.6 cm³/mol. The maximum atomic E-state index is 13.3. The second-order valence-corrected chi connectivity index (χ2v) is 3.85. The topological polar surface area (TPSA) is 9.23 Å². The summed E-state index contributed by atoms with van der Waals surface area (Å²) in [5, 5.41) is 0. The van der Waals surface area contributed by atoms with Crippen LogP contribution in [-0.2, 0) is 0 Å². The number of hydrogen-bond donors (Lipinski definition) is 0. The second kappa shape index (κ2) is 5.91. The monoisotopic (exact) mass is 214 g/mol. The summed E-state index contributed by atoms with van der Waals surface area (Å²) < 4.78 is 18.6. The fourth-order valence-electron chi connectivity index (χ4n) is 1.07. The zero-order valence-corrected chi connectivity index (χ0v) is 9.36. The minimum absolute atomic E-state index is 0.202. The smallest absolute Gasteiger partial charge is 0.140 e. The summed E-state index contributed by atoms with van der Waals surface area (Å²) in [5.41, 5.74) is 0. The van der Waals surface area contributed by atoms with Crippen LogP contribution in [0.1, 0.15) is 19.8 Å². The average Bonchev–Trinajstić information content (AvgIpc) is 2.18. The number of hydrogen-bond acceptors (Lipinski definition) is 2. The number of unbranched alkanes of at least 4 members (excludes halogenated alkanes) is 1. The first-order chi connectivity index (χ1) is 6.77. The Labute approximate surface area is 88.7 Å². The second-order valence-electron chi connectivity index (χ2n) is 3.00. The van der Waals surface area contributed by atoms with E-state index in [1.54, 1.807) is 6.07 Å². The van der Waals surface area contributed by atoms with E-state index in [9.17, 15) is 4.39 Å². The van der Waals surface area contributed by atoms with Crippen molar-refractivity contribution in [3.8, 4) is 5.75 Å². The first-order valence-corrected chi connectivity index (χ1v) is 5.96. The Balaban J connectivity index is 2.57. The highest BCUT2D eigenvalue weighted by Crippen LogP contribution is 2.23. The van der Waals surface area contributed by atoms with Gasteiger partial charge >= 0.3 is 0 Å². The van der Waals surface area contributed by atoms with Crippen LogP contribution in [0.5, 0.6) is 5.75 Å². The lowest BCUT2D eigenvalue weighted by Crippen LogP contribution is -1.96. The van der Waals surface area contributed by atoms with Crippen molar-refractivity contribution < 1.29 is 9.13 Å². The molecule has 0 aliphatic carbocycles. The van der Waals surface area contributed by atoms with Gasteiger partial charge < -0.3 is 4.74 Å². The van der Waals surface area contributed by atoms with E-state index < -0.39 is 0 Å². The fraction of sp³-hybridized carbons (Fsp3) is 0.455. The van der Waals surface area contributed by atoms with Crippen molar-refractivity contribution in [3.63, 3.8) is 0 Å². The molecule has 0 bridgehead atoms. The molecule has 3 heteroatoms. The minimum Gasteiger partial charge on any atom is -0.493 e. The van der Waals surface area contributed by atoms with E-state index in [4.69, 9.17) is 4.74 Å². The molecular formula is C11H15FOS. The molecule has 0 aliphatic rings. The largest absolute Gasteiger partial charge is 0.493 e. The standard InChI is InChI=1S/C11H15FOS/c1-3-4-7-13-9-5-6-11(14-2)10(12)8-9/h5-6,8H,3-4,7H2,1-2H3.